The fraction of sp³-hybridized carbons (Fsp3) is 0.250. The molecular formula is C12H14FN5O2. The maximum Gasteiger partial charge on any atom is 0.340 e. The van der Waals surface area contributed by atoms with Gasteiger partial charge in [-0.3, -0.25) is 0 Å². The molecule has 2 rings (SSSR count). The third kappa shape index (κ3) is 2.53. The lowest BCUT2D eigenvalue weighted by Crippen LogP contribution is -2.13. The van der Waals surface area contributed by atoms with Gasteiger partial charge in [-0.25, -0.2) is 9.18 Å². The summed E-state index contributed by atoms with van der Waals surface area (Å²) in [6.07, 6.45) is 1.58. The first kappa shape index (κ1) is 13.8. The average molecular weight is 279 g/mol. The Balaban J connectivity index is 2.26. The minimum absolute atomic E-state index is 0.238. The number of carboxylic acid groups (broad SMARTS) is 1. The van der Waals surface area contributed by atoms with Gasteiger partial charge in [0.15, 0.2) is 5.82 Å². The van der Waals surface area contributed by atoms with Crippen LogP contribution in [0.4, 0.5) is 15.8 Å². The number of carboxylic acids is 1. The Morgan fingerprint density at radius 2 is 2.30 bits per heavy atom. The summed E-state index contributed by atoms with van der Waals surface area (Å²) in [5.41, 5.74) is 5.02. The minimum atomic E-state index is -1.29. The normalized spacial score (nSPS) is 10.5. The van der Waals surface area contributed by atoms with Gasteiger partial charge in [-0.15, -0.1) is 10.2 Å². The van der Waals surface area contributed by atoms with Crippen LogP contribution in [-0.4, -0.2) is 25.8 Å². The van der Waals surface area contributed by atoms with E-state index in [2.05, 4.69) is 15.5 Å². The predicted molar refractivity (Wildman–Crippen MR) is 70.8 cm³/mol. The van der Waals surface area contributed by atoms with Gasteiger partial charge >= 0.3 is 5.97 Å². The molecule has 0 saturated heterocycles. The molecule has 0 aliphatic carbocycles. The number of aromatic nitrogens is 3. The Kier molecular flexibility index (Phi) is 3.83. The van der Waals surface area contributed by atoms with Crippen molar-refractivity contribution in [3.8, 4) is 0 Å². The first-order chi connectivity index (χ1) is 9.54. The molecule has 0 saturated carbocycles. The summed E-state index contributed by atoms with van der Waals surface area (Å²) in [5, 5.41) is 19.7. The van der Waals surface area contributed by atoms with Crippen LogP contribution in [0.3, 0.4) is 0 Å². The Hall–Kier alpha value is -2.64. The number of nitrogens with one attached hydrogen (secondary N) is 1. The van der Waals surface area contributed by atoms with Crippen LogP contribution in [0.2, 0.25) is 0 Å². The van der Waals surface area contributed by atoms with Gasteiger partial charge in [0.2, 0.25) is 0 Å². The number of benzene rings is 1. The molecule has 8 heteroatoms. The van der Waals surface area contributed by atoms with Crippen molar-refractivity contribution in [3.05, 3.63) is 35.7 Å². The smallest absolute Gasteiger partial charge is 0.340 e. The lowest BCUT2D eigenvalue weighted by Gasteiger charge is -2.12. The number of anilines is 2. The molecule has 0 aliphatic rings. The molecule has 0 bridgehead atoms. The highest BCUT2D eigenvalue weighted by Gasteiger charge is 2.17. The summed E-state index contributed by atoms with van der Waals surface area (Å²) in [6.45, 7) is 2.89. The number of nitrogens with zero attached hydrogens (tertiary/aromatic N) is 3. The van der Waals surface area contributed by atoms with E-state index in [9.17, 15) is 9.18 Å². The van der Waals surface area contributed by atoms with Gasteiger partial charge in [-0.1, -0.05) is 0 Å². The molecule has 2 aromatic rings. The number of hydrogen-bond acceptors (Lipinski definition) is 5. The van der Waals surface area contributed by atoms with Crippen LogP contribution < -0.4 is 11.1 Å². The third-order valence-corrected chi connectivity index (χ3v) is 2.88. The van der Waals surface area contributed by atoms with Crippen molar-refractivity contribution in [2.45, 2.75) is 20.0 Å². The van der Waals surface area contributed by atoms with E-state index in [1.807, 2.05) is 6.92 Å². The maximum atomic E-state index is 13.3. The molecule has 0 spiro atoms. The van der Waals surface area contributed by atoms with E-state index in [0.717, 1.165) is 6.07 Å². The van der Waals surface area contributed by atoms with Crippen LogP contribution in [0.1, 0.15) is 23.1 Å². The molecule has 0 aliphatic heterocycles. The lowest BCUT2D eigenvalue weighted by molar-refractivity contribution is 0.0698. The fourth-order valence-electron chi connectivity index (χ4n) is 1.83. The SMILES string of the molecule is CCn1cnnc1CNc1ccc(F)c(N)c1C(=O)O. The van der Waals surface area contributed by atoms with Gasteiger partial charge in [0.05, 0.1) is 17.9 Å². The molecule has 4 N–H and O–H groups in total. The summed E-state index contributed by atoms with van der Waals surface area (Å²) >= 11 is 0. The van der Waals surface area contributed by atoms with Crippen molar-refractivity contribution in [2.24, 2.45) is 0 Å². The largest absolute Gasteiger partial charge is 0.478 e. The second-order valence-corrected chi connectivity index (χ2v) is 4.08. The number of aromatic carboxylic acids is 1. The van der Waals surface area contributed by atoms with Crippen molar-refractivity contribution in [1.29, 1.82) is 0 Å². The molecular weight excluding hydrogens is 265 g/mol. The monoisotopic (exact) mass is 279 g/mol. The van der Waals surface area contributed by atoms with E-state index in [0.29, 0.717) is 12.4 Å². The number of carbonyl (C=O) groups is 1. The fourth-order valence-corrected chi connectivity index (χ4v) is 1.83. The van der Waals surface area contributed by atoms with E-state index >= 15 is 0 Å². The molecule has 0 unspecified atom stereocenters. The number of hydrogen-bond donors (Lipinski definition) is 3. The number of aryl methyl sites for hydroxylation is 1. The van der Waals surface area contributed by atoms with Crippen LogP contribution in [-0.2, 0) is 13.1 Å². The van der Waals surface area contributed by atoms with E-state index in [1.165, 1.54) is 6.07 Å². The van der Waals surface area contributed by atoms with E-state index in [1.54, 1.807) is 10.9 Å². The quantitative estimate of drug-likeness (QED) is 0.713. The molecule has 0 atom stereocenters. The number of nitrogens with two attached hydrogens (primary N) is 1. The molecule has 7 nitrogen and oxygen atoms in total. The minimum Gasteiger partial charge on any atom is -0.478 e. The molecule has 0 amide bonds. The number of nitrogen functional groups attached to an aromatic ring is 1. The predicted octanol–water partition coefficient (Wildman–Crippen LogP) is 1.33. The summed E-state index contributed by atoms with van der Waals surface area (Å²) in [4.78, 5) is 11.2. The summed E-state index contributed by atoms with van der Waals surface area (Å²) in [5.74, 6) is -1.40. The van der Waals surface area contributed by atoms with Gasteiger partial charge in [-0.05, 0) is 19.1 Å². The molecule has 1 heterocycles. The van der Waals surface area contributed by atoms with Crippen molar-refractivity contribution in [3.63, 3.8) is 0 Å². The van der Waals surface area contributed by atoms with Gasteiger partial charge in [0, 0.05) is 6.54 Å². The van der Waals surface area contributed by atoms with Gasteiger partial charge in [0.1, 0.15) is 17.7 Å². The van der Waals surface area contributed by atoms with Crippen molar-refractivity contribution >= 4 is 17.3 Å². The Morgan fingerprint density at radius 1 is 1.55 bits per heavy atom. The maximum absolute atomic E-state index is 13.3. The second-order valence-electron chi connectivity index (χ2n) is 4.08. The first-order valence-electron chi connectivity index (χ1n) is 5.96. The van der Waals surface area contributed by atoms with Crippen LogP contribution >= 0.6 is 0 Å². The van der Waals surface area contributed by atoms with E-state index in [-0.39, 0.29) is 23.5 Å². The second kappa shape index (κ2) is 5.55. The summed E-state index contributed by atoms with van der Waals surface area (Å²) in [6, 6.07) is 2.45. The van der Waals surface area contributed by atoms with Crippen molar-refractivity contribution in [1.82, 2.24) is 14.8 Å². The highest BCUT2D eigenvalue weighted by molar-refractivity contribution is 6.00. The van der Waals surface area contributed by atoms with Crippen LogP contribution in [0, 0.1) is 5.82 Å². The Morgan fingerprint density at radius 3 is 2.95 bits per heavy atom. The molecule has 20 heavy (non-hydrogen) atoms. The summed E-state index contributed by atoms with van der Waals surface area (Å²) < 4.78 is 15.1. The standard InChI is InChI=1S/C12H14FN5O2/c1-2-18-6-16-17-9(18)5-15-8-4-3-7(13)11(14)10(8)12(19)20/h3-4,6,15H,2,5,14H2,1H3,(H,19,20). The lowest BCUT2D eigenvalue weighted by atomic mass is 10.1. The molecule has 1 aromatic carbocycles. The molecule has 0 radical (unpaired) electrons. The Labute approximate surface area is 114 Å². The van der Waals surface area contributed by atoms with Gasteiger partial charge in [0.25, 0.3) is 0 Å². The zero-order chi connectivity index (χ0) is 14.7. The van der Waals surface area contributed by atoms with Crippen LogP contribution in [0.25, 0.3) is 0 Å². The molecule has 0 fully saturated rings. The van der Waals surface area contributed by atoms with Crippen molar-refractivity contribution in [2.75, 3.05) is 11.1 Å². The van der Waals surface area contributed by atoms with Gasteiger partial charge in [-0.2, -0.15) is 0 Å². The number of rotatable bonds is 5. The average Bonchev–Trinajstić information content (AvgIpc) is 2.87. The van der Waals surface area contributed by atoms with Crippen LogP contribution in [0.5, 0.6) is 0 Å². The molecule has 106 valence electrons. The topological polar surface area (TPSA) is 106 Å². The first-order valence-corrected chi connectivity index (χ1v) is 5.96. The Bertz CT molecular complexity index is 641. The zero-order valence-electron chi connectivity index (χ0n) is 10.8. The van der Waals surface area contributed by atoms with Gasteiger partial charge < -0.3 is 20.7 Å². The summed E-state index contributed by atoms with van der Waals surface area (Å²) in [7, 11) is 0. The zero-order valence-corrected chi connectivity index (χ0v) is 10.8. The highest BCUT2D eigenvalue weighted by atomic mass is 19.1. The van der Waals surface area contributed by atoms with Crippen molar-refractivity contribution < 1.29 is 14.3 Å². The third-order valence-electron chi connectivity index (χ3n) is 2.88. The highest BCUT2D eigenvalue weighted by Crippen LogP contribution is 2.25. The van der Waals surface area contributed by atoms with Crippen LogP contribution in [0.15, 0.2) is 18.5 Å². The van der Waals surface area contributed by atoms with E-state index < -0.39 is 11.8 Å². The van der Waals surface area contributed by atoms with E-state index in [4.69, 9.17) is 10.8 Å². The number of halogens is 1. The molecule has 1 aromatic heterocycles.